The summed E-state index contributed by atoms with van der Waals surface area (Å²) in [5, 5.41) is 6.18. The van der Waals surface area contributed by atoms with Crippen molar-refractivity contribution in [1.82, 2.24) is 15.1 Å². The van der Waals surface area contributed by atoms with Crippen molar-refractivity contribution in [3.63, 3.8) is 0 Å². The lowest BCUT2D eigenvalue weighted by Crippen LogP contribution is -2.61. The van der Waals surface area contributed by atoms with Gasteiger partial charge in [-0.15, -0.1) is 0 Å². The smallest absolute Gasteiger partial charge is 0.354 e. The molecule has 1 aromatic rings. The molecule has 0 aromatic carbocycles. The van der Waals surface area contributed by atoms with E-state index in [9.17, 15) is 18.0 Å². The van der Waals surface area contributed by atoms with E-state index < -0.39 is 17.6 Å². The fourth-order valence-electron chi connectivity index (χ4n) is 1.21. The van der Waals surface area contributed by atoms with E-state index in [1.165, 1.54) is 0 Å². The summed E-state index contributed by atoms with van der Waals surface area (Å²) in [6.07, 6.45) is -2.72. The molecule has 0 aliphatic carbocycles. The van der Waals surface area contributed by atoms with Crippen molar-refractivity contribution in [2.24, 2.45) is 12.8 Å². The van der Waals surface area contributed by atoms with Gasteiger partial charge in [0.05, 0.1) is 5.69 Å². The average Bonchev–Trinajstić information content (AvgIpc) is 2.62. The average molecular weight is 264 g/mol. The first-order chi connectivity index (χ1) is 8.14. The molecule has 8 heteroatoms. The van der Waals surface area contributed by atoms with Crippen molar-refractivity contribution >= 4 is 5.91 Å². The molecule has 0 fully saturated rings. The third kappa shape index (κ3) is 3.22. The maximum atomic E-state index is 12.4. The largest absolute Gasteiger partial charge is 0.415 e. The van der Waals surface area contributed by atoms with Gasteiger partial charge in [-0.3, -0.25) is 9.48 Å². The molecule has 5 nitrogen and oxygen atoms in total. The zero-order valence-corrected chi connectivity index (χ0v) is 10.1. The second-order valence-electron chi connectivity index (χ2n) is 4.19. The number of carbonyl (C=O) groups is 1. The molecule has 18 heavy (non-hydrogen) atoms. The van der Waals surface area contributed by atoms with E-state index in [-0.39, 0.29) is 6.54 Å². The fraction of sp³-hybridized carbons (Fsp3) is 0.600. The third-order valence-electron chi connectivity index (χ3n) is 2.50. The van der Waals surface area contributed by atoms with Crippen LogP contribution in [0.3, 0.4) is 0 Å². The Morgan fingerprint density at radius 3 is 2.61 bits per heavy atom. The number of rotatable bonds is 4. The van der Waals surface area contributed by atoms with Gasteiger partial charge in [0.15, 0.2) is 5.54 Å². The molecule has 0 aliphatic rings. The predicted molar refractivity (Wildman–Crippen MR) is 58.6 cm³/mol. The minimum absolute atomic E-state index is 0.0543. The molecule has 0 spiro atoms. The van der Waals surface area contributed by atoms with Crippen molar-refractivity contribution in [1.29, 1.82) is 0 Å². The van der Waals surface area contributed by atoms with Crippen LogP contribution in [0.25, 0.3) is 0 Å². The molecule has 1 amide bonds. The van der Waals surface area contributed by atoms with Crippen LogP contribution in [0.1, 0.15) is 12.6 Å². The Hall–Kier alpha value is -1.57. The summed E-state index contributed by atoms with van der Waals surface area (Å²) in [4.78, 5) is 11.3. The van der Waals surface area contributed by atoms with Crippen LogP contribution in [0.4, 0.5) is 13.2 Å². The summed E-state index contributed by atoms with van der Waals surface area (Å²) in [5.74, 6) is -1.24. The molecular weight excluding hydrogens is 249 g/mol. The van der Waals surface area contributed by atoms with Crippen LogP contribution in [0.5, 0.6) is 0 Å². The summed E-state index contributed by atoms with van der Waals surface area (Å²) >= 11 is 0. The summed E-state index contributed by atoms with van der Waals surface area (Å²) < 4.78 is 38.9. The van der Waals surface area contributed by atoms with Gasteiger partial charge in [0.2, 0.25) is 5.91 Å². The summed E-state index contributed by atoms with van der Waals surface area (Å²) in [7, 11) is 1.72. The van der Waals surface area contributed by atoms with Crippen molar-refractivity contribution < 1.29 is 18.0 Å². The zero-order chi connectivity index (χ0) is 14.0. The molecule has 1 aromatic heterocycles. The number of nitrogens with two attached hydrogens (primary N) is 1. The summed E-state index contributed by atoms with van der Waals surface area (Å²) in [5.41, 5.74) is 2.77. The second-order valence-corrected chi connectivity index (χ2v) is 4.19. The van der Waals surface area contributed by atoms with Gasteiger partial charge in [0.1, 0.15) is 0 Å². The maximum Gasteiger partial charge on any atom is 0.415 e. The molecule has 1 rings (SSSR count). The minimum atomic E-state index is -4.78. The third-order valence-corrected chi connectivity index (χ3v) is 2.50. The predicted octanol–water partition coefficient (Wildman–Crippen LogP) is 0.358. The van der Waals surface area contributed by atoms with Crippen LogP contribution in [0.2, 0.25) is 0 Å². The number of nitrogens with zero attached hydrogens (tertiary/aromatic N) is 2. The number of nitrogens with one attached hydrogen (secondary N) is 1. The quantitative estimate of drug-likeness (QED) is 0.824. The zero-order valence-electron chi connectivity index (χ0n) is 10.1. The lowest BCUT2D eigenvalue weighted by atomic mass is 10.0. The number of aryl methyl sites for hydroxylation is 1. The highest BCUT2D eigenvalue weighted by atomic mass is 19.4. The highest BCUT2D eigenvalue weighted by Crippen LogP contribution is 2.27. The summed E-state index contributed by atoms with van der Waals surface area (Å²) in [6, 6.07) is 1.72. The lowest BCUT2D eigenvalue weighted by Gasteiger charge is -2.26. The number of amides is 1. The first kappa shape index (κ1) is 14.5. The van der Waals surface area contributed by atoms with Crippen LogP contribution in [-0.2, 0) is 18.3 Å². The Balaban J connectivity index is 2.47. The van der Waals surface area contributed by atoms with Gasteiger partial charge < -0.3 is 11.1 Å². The SMILES string of the molecule is Cn1ccc(CCNC(=O)C(C)(N)C(F)(F)F)n1. The van der Waals surface area contributed by atoms with Crippen LogP contribution in [0, 0.1) is 0 Å². The Bertz CT molecular complexity index is 425. The molecule has 0 bridgehead atoms. The minimum Gasteiger partial charge on any atom is -0.354 e. The second kappa shape index (κ2) is 4.97. The molecule has 1 heterocycles. The highest BCUT2D eigenvalue weighted by Gasteiger charge is 2.53. The Labute approximate surface area is 102 Å². The number of hydrogen-bond donors (Lipinski definition) is 2. The molecule has 1 unspecified atom stereocenters. The van der Waals surface area contributed by atoms with Gasteiger partial charge in [-0.25, -0.2) is 0 Å². The molecule has 3 N–H and O–H groups in total. The monoisotopic (exact) mass is 264 g/mol. The Morgan fingerprint density at radius 1 is 1.56 bits per heavy atom. The van der Waals surface area contributed by atoms with Crippen molar-refractivity contribution in [2.45, 2.75) is 25.1 Å². The van der Waals surface area contributed by atoms with Crippen LogP contribution in [0.15, 0.2) is 12.3 Å². The first-order valence-corrected chi connectivity index (χ1v) is 5.27. The molecule has 0 saturated heterocycles. The van der Waals surface area contributed by atoms with Crippen LogP contribution >= 0.6 is 0 Å². The standard InChI is InChI=1S/C10H15F3N4O/c1-9(14,10(11,12)13)8(18)15-5-3-7-4-6-17(2)16-7/h4,6H,3,5,14H2,1-2H3,(H,15,18). The van der Waals surface area contributed by atoms with E-state index in [2.05, 4.69) is 10.4 Å². The van der Waals surface area contributed by atoms with E-state index >= 15 is 0 Å². The van der Waals surface area contributed by atoms with Crippen molar-refractivity contribution in [3.05, 3.63) is 18.0 Å². The number of carbonyl (C=O) groups excluding carboxylic acids is 1. The van der Waals surface area contributed by atoms with Gasteiger partial charge >= 0.3 is 6.18 Å². The maximum absolute atomic E-state index is 12.4. The van der Waals surface area contributed by atoms with Gasteiger partial charge in [0, 0.05) is 26.2 Å². The fourth-order valence-corrected chi connectivity index (χ4v) is 1.21. The lowest BCUT2D eigenvalue weighted by molar-refractivity contribution is -0.187. The molecular formula is C10H15F3N4O. The molecule has 0 radical (unpaired) electrons. The molecule has 0 aliphatic heterocycles. The van der Waals surface area contributed by atoms with Crippen molar-refractivity contribution in [2.75, 3.05) is 6.54 Å². The van der Waals surface area contributed by atoms with E-state index in [4.69, 9.17) is 5.73 Å². The number of alkyl halides is 3. The molecule has 0 saturated carbocycles. The number of hydrogen-bond acceptors (Lipinski definition) is 3. The van der Waals surface area contributed by atoms with Crippen LogP contribution in [-0.4, -0.2) is 33.9 Å². The first-order valence-electron chi connectivity index (χ1n) is 5.27. The van der Waals surface area contributed by atoms with Gasteiger partial charge in [-0.2, -0.15) is 18.3 Å². The number of aromatic nitrogens is 2. The van der Waals surface area contributed by atoms with E-state index in [1.807, 2.05) is 0 Å². The van der Waals surface area contributed by atoms with Crippen LogP contribution < -0.4 is 11.1 Å². The summed E-state index contributed by atoms with van der Waals surface area (Å²) in [6.45, 7) is 0.696. The molecule has 102 valence electrons. The normalized spacial score (nSPS) is 15.2. The number of halogens is 3. The van der Waals surface area contributed by atoms with Gasteiger partial charge in [0.25, 0.3) is 0 Å². The van der Waals surface area contributed by atoms with E-state index in [0.717, 1.165) is 0 Å². The van der Waals surface area contributed by atoms with E-state index in [0.29, 0.717) is 19.0 Å². The highest BCUT2D eigenvalue weighted by molar-refractivity contribution is 5.86. The Kier molecular flexibility index (Phi) is 4.00. The van der Waals surface area contributed by atoms with E-state index in [1.54, 1.807) is 24.0 Å². The topological polar surface area (TPSA) is 72.9 Å². The Morgan fingerprint density at radius 2 is 2.17 bits per heavy atom. The van der Waals surface area contributed by atoms with Gasteiger partial charge in [-0.05, 0) is 13.0 Å². The molecule has 1 atom stereocenters. The van der Waals surface area contributed by atoms with Crippen molar-refractivity contribution in [3.8, 4) is 0 Å². The van der Waals surface area contributed by atoms with Gasteiger partial charge in [-0.1, -0.05) is 0 Å².